The minimum atomic E-state index is -0.317. The van der Waals surface area contributed by atoms with E-state index in [4.69, 9.17) is 21.1 Å². The van der Waals surface area contributed by atoms with Gasteiger partial charge in [-0.3, -0.25) is 24.1 Å². The van der Waals surface area contributed by atoms with Crippen LogP contribution >= 0.6 is 23.4 Å². The van der Waals surface area contributed by atoms with Gasteiger partial charge in [0.05, 0.1) is 37.1 Å². The van der Waals surface area contributed by atoms with E-state index in [1.54, 1.807) is 38.2 Å². The number of rotatable bonds is 9. The van der Waals surface area contributed by atoms with E-state index in [2.05, 4.69) is 10.4 Å². The summed E-state index contributed by atoms with van der Waals surface area (Å²) in [6, 6.07) is 5.09. The van der Waals surface area contributed by atoms with Gasteiger partial charge in [-0.1, -0.05) is 11.6 Å². The van der Waals surface area contributed by atoms with Gasteiger partial charge in [0.25, 0.3) is 11.8 Å². The fourth-order valence-corrected chi connectivity index (χ4v) is 4.50. The minimum absolute atomic E-state index is 0.0592. The maximum atomic E-state index is 12.8. The molecule has 0 radical (unpaired) electrons. The molecule has 1 aromatic carbocycles. The smallest absolute Gasteiger partial charge is 0.265 e. The number of carbonyl (C=O) groups excluding carboxylic acids is 3. The first-order valence-electron chi connectivity index (χ1n) is 10.8. The van der Waals surface area contributed by atoms with Crippen LogP contribution in [-0.4, -0.2) is 76.3 Å². The number of aryl methyl sites for hydroxylation is 2. The van der Waals surface area contributed by atoms with Crippen molar-refractivity contribution in [2.75, 3.05) is 44.1 Å². The number of thioether (sulfide) groups is 1. The molecule has 1 aliphatic rings. The summed E-state index contributed by atoms with van der Waals surface area (Å²) < 4.78 is 12.0. The lowest BCUT2D eigenvalue weighted by Gasteiger charge is -2.26. The summed E-state index contributed by atoms with van der Waals surface area (Å²) in [5.41, 5.74) is 1.85. The highest BCUT2D eigenvalue weighted by molar-refractivity contribution is 8.00. The third-order valence-electron chi connectivity index (χ3n) is 5.30. The van der Waals surface area contributed by atoms with E-state index < -0.39 is 0 Å². The van der Waals surface area contributed by atoms with Crippen LogP contribution in [0, 0.1) is 6.92 Å². The lowest BCUT2D eigenvalue weighted by molar-refractivity contribution is -0.152. The molecular weight excluding hydrogens is 494 g/mol. The molecule has 3 rings (SSSR count). The van der Waals surface area contributed by atoms with Crippen LogP contribution in [0.3, 0.4) is 0 Å². The Bertz CT molecular complexity index is 1140. The zero-order valence-electron chi connectivity index (χ0n) is 20.0. The van der Waals surface area contributed by atoms with Gasteiger partial charge in [0.2, 0.25) is 5.91 Å². The van der Waals surface area contributed by atoms with E-state index in [9.17, 15) is 14.4 Å². The number of nitrogens with zero attached hydrogens (tertiary/aromatic N) is 4. The summed E-state index contributed by atoms with van der Waals surface area (Å²) in [6.45, 7) is 2.69. The highest BCUT2D eigenvalue weighted by Gasteiger charge is 2.29. The maximum absolute atomic E-state index is 12.8. The molecule has 3 amide bonds. The Balaban J connectivity index is 1.52. The van der Waals surface area contributed by atoms with E-state index in [1.165, 1.54) is 46.8 Å². The molecule has 2 heterocycles. The van der Waals surface area contributed by atoms with Gasteiger partial charge in [-0.15, -0.1) is 11.8 Å². The minimum Gasteiger partial charge on any atom is -0.497 e. The number of hydrazine groups is 1. The first kappa shape index (κ1) is 26.4. The Morgan fingerprint density at radius 2 is 1.91 bits per heavy atom. The van der Waals surface area contributed by atoms with Gasteiger partial charge in [0.1, 0.15) is 16.7 Å². The lowest BCUT2D eigenvalue weighted by Crippen LogP contribution is -2.45. The van der Waals surface area contributed by atoms with Crippen LogP contribution in [0.15, 0.2) is 24.3 Å². The summed E-state index contributed by atoms with van der Waals surface area (Å²) in [4.78, 5) is 37.9. The van der Waals surface area contributed by atoms with Crippen molar-refractivity contribution in [3.63, 3.8) is 0 Å². The number of nitrogens with one attached hydrogen (secondary N) is 1. The Hall–Kier alpha value is -3.18. The van der Waals surface area contributed by atoms with Gasteiger partial charge in [-0.25, -0.2) is 5.01 Å². The van der Waals surface area contributed by atoms with Crippen molar-refractivity contribution in [1.29, 1.82) is 0 Å². The van der Waals surface area contributed by atoms with Crippen molar-refractivity contribution in [3.05, 3.63) is 40.7 Å². The fraction of sp³-hybridized carbons (Fsp3) is 0.391. The molecule has 0 bridgehead atoms. The molecule has 12 heteroatoms. The number of amides is 3. The molecule has 10 nitrogen and oxygen atoms in total. The van der Waals surface area contributed by atoms with Crippen LogP contribution in [0.4, 0.5) is 5.69 Å². The zero-order valence-corrected chi connectivity index (χ0v) is 21.6. The standard InChI is InChI=1S/C23H28ClN5O5S/c1-15-17(23(24)27(2)26-15)7-9-21(31)28-10-5-11-29(28)22(32)14-35-13-20(30)25-18-12-16(33-3)6-8-19(18)34-4/h6-9,12H,5,10-11,13-14H2,1-4H3,(H,25,30). The second-order valence-corrected chi connectivity index (χ2v) is 9.03. The van der Waals surface area contributed by atoms with Gasteiger partial charge in [-0.05, 0) is 31.6 Å². The Labute approximate surface area is 213 Å². The number of halogens is 1. The summed E-state index contributed by atoms with van der Waals surface area (Å²) in [6.07, 6.45) is 3.68. The van der Waals surface area contributed by atoms with Gasteiger partial charge in [0.15, 0.2) is 0 Å². The van der Waals surface area contributed by atoms with Crippen LogP contribution in [0.2, 0.25) is 5.15 Å². The number of benzene rings is 1. The molecule has 0 atom stereocenters. The molecule has 35 heavy (non-hydrogen) atoms. The molecule has 0 aliphatic carbocycles. The fourth-order valence-electron chi connectivity index (χ4n) is 3.58. The predicted molar refractivity (Wildman–Crippen MR) is 136 cm³/mol. The molecule has 2 aromatic rings. The van der Waals surface area contributed by atoms with Crippen molar-refractivity contribution in [3.8, 4) is 11.5 Å². The summed E-state index contributed by atoms with van der Waals surface area (Å²) in [7, 11) is 4.77. The van der Waals surface area contributed by atoms with Crippen molar-refractivity contribution in [1.82, 2.24) is 19.8 Å². The molecule has 188 valence electrons. The van der Waals surface area contributed by atoms with Crippen molar-refractivity contribution in [2.45, 2.75) is 13.3 Å². The van der Waals surface area contributed by atoms with Gasteiger partial charge in [-0.2, -0.15) is 5.10 Å². The summed E-state index contributed by atoms with van der Waals surface area (Å²) in [5, 5.41) is 10.3. The number of carbonyl (C=O) groups is 3. The van der Waals surface area contributed by atoms with E-state index in [0.717, 1.165) is 0 Å². The monoisotopic (exact) mass is 521 g/mol. The van der Waals surface area contributed by atoms with Gasteiger partial charge >= 0.3 is 0 Å². The van der Waals surface area contributed by atoms with Crippen LogP contribution in [0.5, 0.6) is 11.5 Å². The summed E-state index contributed by atoms with van der Waals surface area (Å²) >= 11 is 7.38. The van der Waals surface area contributed by atoms with Crippen LogP contribution in [-0.2, 0) is 21.4 Å². The third-order valence-corrected chi connectivity index (χ3v) is 6.67. The Kier molecular flexibility index (Phi) is 9.05. The second kappa shape index (κ2) is 12.0. The third kappa shape index (κ3) is 6.49. The number of anilines is 1. The number of methoxy groups -OCH3 is 2. The average Bonchev–Trinajstić information content (AvgIpc) is 3.42. The highest BCUT2D eigenvalue weighted by Crippen LogP contribution is 2.29. The van der Waals surface area contributed by atoms with Gasteiger partial charge < -0.3 is 14.8 Å². The quantitative estimate of drug-likeness (QED) is 0.506. The molecule has 0 unspecified atom stereocenters. The van der Waals surface area contributed by atoms with E-state index in [-0.39, 0.29) is 29.2 Å². The van der Waals surface area contributed by atoms with Crippen LogP contribution < -0.4 is 14.8 Å². The molecule has 1 N–H and O–H groups in total. The average molecular weight is 522 g/mol. The van der Waals surface area contributed by atoms with Crippen LogP contribution in [0.1, 0.15) is 17.7 Å². The lowest BCUT2D eigenvalue weighted by atomic mass is 10.2. The van der Waals surface area contributed by atoms with Crippen molar-refractivity contribution >= 4 is 52.8 Å². The Morgan fingerprint density at radius 1 is 1.17 bits per heavy atom. The van der Waals surface area contributed by atoms with Crippen molar-refractivity contribution < 1.29 is 23.9 Å². The number of hydrogen-bond acceptors (Lipinski definition) is 7. The molecule has 1 aliphatic heterocycles. The molecule has 1 aromatic heterocycles. The first-order chi connectivity index (χ1) is 16.7. The van der Waals surface area contributed by atoms with E-state index in [1.807, 2.05) is 0 Å². The first-order valence-corrected chi connectivity index (χ1v) is 12.4. The SMILES string of the molecule is COc1ccc(OC)c(NC(=O)CSCC(=O)N2CCCN2C(=O)C=Cc2c(C)nn(C)c2Cl)c1. The van der Waals surface area contributed by atoms with Crippen LogP contribution in [0.25, 0.3) is 6.08 Å². The number of hydrogen-bond donors (Lipinski definition) is 1. The number of aromatic nitrogens is 2. The normalized spacial score (nSPS) is 13.4. The van der Waals surface area contributed by atoms with E-state index in [0.29, 0.717) is 53.1 Å². The topological polar surface area (TPSA) is 106 Å². The second-order valence-electron chi connectivity index (χ2n) is 7.69. The molecule has 1 saturated heterocycles. The largest absolute Gasteiger partial charge is 0.497 e. The molecule has 0 saturated carbocycles. The van der Waals surface area contributed by atoms with Gasteiger partial charge in [0, 0.05) is 37.8 Å². The Morgan fingerprint density at radius 3 is 2.57 bits per heavy atom. The van der Waals surface area contributed by atoms with Crippen molar-refractivity contribution in [2.24, 2.45) is 7.05 Å². The summed E-state index contributed by atoms with van der Waals surface area (Å²) in [5.74, 6) is 0.367. The van der Waals surface area contributed by atoms with E-state index >= 15 is 0 Å². The zero-order chi connectivity index (χ0) is 25.5. The highest BCUT2D eigenvalue weighted by atomic mass is 35.5. The molecular formula is C23H28ClN5O5S. The predicted octanol–water partition coefficient (Wildman–Crippen LogP) is 2.76. The molecule has 0 spiro atoms. The maximum Gasteiger partial charge on any atom is 0.265 e. The number of ether oxygens (including phenoxy) is 2. The molecule has 1 fully saturated rings.